The lowest BCUT2D eigenvalue weighted by atomic mass is 10.1. The maximum absolute atomic E-state index is 5.40. The third kappa shape index (κ3) is 5.21. The Kier molecular flexibility index (Phi) is 6.27. The van der Waals surface area contributed by atoms with Gasteiger partial charge in [-0.15, -0.1) is 0 Å². The maximum atomic E-state index is 5.40. The lowest BCUT2D eigenvalue weighted by Crippen LogP contribution is -2.27. The average Bonchev–Trinajstić information content (AvgIpc) is 3.19. The van der Waals surface area contributed by atoms with E-state index >= 15 is 0 Å². The summed E-state index contributed by atoms with van der Waals surface area (Å²) >= 11 is 5.40. The molecule has 3 rings (SSSR count). The number of ether oxygens (including phenoxy) is 2. The van der Waals surface area contributed by atoms with E-state index in [1.165, 1.54) is 5.56 Å². The number of nitrogens with zero attached hydrogens (tertiary/aromatic N) is 2. The first-order valence-electron chi connectivity index (χ1n) is 8.48. The Balaban J connectivity index is 1.56. The molecule has 0 atom stereocenters. The van der Waals surface area contributed by atoms with Crippen LogP contribution in [0.5, 0.6) is 11.5 Å². The number of nitrogens with one attached hydrogen (secondary N) is 2. The zero-order valence-corrected chi connectivity index (χ0v) is 16.1. The molecular weight excluding hydrogens is 360 g/mol. The van der Waals surface area contributed by atoms with Crippen LogP contribution in [0.4, 0.5) is 5.69 Å². The van der Waals surface area contributed by atoms with E-state index < -0.39 is 0 Å². The molecule has 27 heavy (non-hydrogen) atoms. The van der Waals surface area contributed by atoms with E-state index in [1.54, 1.807) is 20.4 Å². The van der Waals surface area contributed by atoms with Gasteiger partial charge in [-0.2, -0.15) is 0 Å². The molecule has 6 nitrogen and oxygen atoms in total. The van der Waals surface area contributed by atoms with Crippen molar-refractivity contribution in [2.75, 3.05) is 19.5 Å². The molecule has 7 heteroatoms. The number of hydrogen-bond donors (Lipinski definition) is 2. The summed E-state index contributed by atoms with van der Waals surface area (Å²) in [5, 5.41) is 6.93. The van der Waals surface area contributed by atoms with Crippen LogP contribution >= 0.6 is 12.2 Å². The van der Waals surface area contributed by atoms with Crippen LogP contribution in [0.3, 0.4) is 0 Å². The second kappa shape index (κ2) is 9.05. The van der Waals surface area contributed by atoms with E-state index in [9.17, 15) is 0 Å². The summed E-state index contributed by atoms with van der Waals surface area (Å²) in [6, 6.07) is 14.0. The van der Waals surface area contributed by atoms with E-state index in [0.29, 0.717) is 23.2 Å². The molecule has 140 valence electrons. The molecule has 0 fully saturated rings. The summed E-state index contributed by atoms with van der Waals surface area (Å²) in [7, 11) is 3.22. The van der Waals surface area contributed by atoms with Crippen molar-refractivity contribution < 1.29 is 9.47 Å². The van der Waals surface area contributed by atoms with Gasteiger partial charge in [0.2, 0.25) is 0 Å². The molecule has 1 heterocycles. The lowest BCUT2D eigenvalue weighted by Gasteiger charge is -2.13. The molecule has 0 aliphatic carbocycles. The highest BCUT2D eigenvalue weighted by atomic mass is 32.1. The fraction of sp³-hybridized carbons (Fsp3) is 0.200. The minimum absolute atomic E-state index is 0.544. The third-order valence-electron chi connectivity index (χ3n) is 4.01. The maximum Gasteiger partial charge on any atom is 0.171 e. The summed E-state index contributed by atoms with van der Waals surface area (Å²) in [5.41, 5.74) is 3.20. The van der Waals surface area contributed by atoms with Gasteiger partial charge in [0.15, 0.2) is 16.6 Å². The monoisotopic (exact) mass is 382 g/mol. The molecule has 0 saturated carbocycles. The Bertz CT molecular complexity index is 897. The molecular formula is C20H22N4O2S. The van der Waals surface area contributed by atoms with Crippen molar-refractivity contribution in [3.05, 3.63) is 72.3 Å². The Labute approximate surface area is 164 Å². The molecule has 0 spiro atoms. The highest BCUT2D eigenvalue weighted by Crippen LogP contribution is 2.29. The number of imidazole rings is 1. The molecule has 0 radical (unpaired) electrons. The number of benzene rings is 2. The zero-order chi connectivity index (χ0) is 19.1. The minimum Gasteiger partial charge on any atom is -0.493 e. The summed E-state index contributed by atoms with van der Waals surface area (Å²) in [6.45, 7) is 1.43. The first kappa shape index (κ1) is 18.7. The van der Waals surface area contributed by atoms with Gasteiger partial charge in [0.05, 0.1) is 20.5 Å². The third-order valence-corrected chi connectivity index (χ3v) is 4.26. The van der Waals surface area contributed by atoms with Gasteiger partial charge in [-0.05, 0) is 35.5 Å². The fourth-order valence-corrected chi connectivity index (χ4v) is 2.89. The van der Waals surface area contributed by atoms with E-state index in [1.807, 2.05) is 41.4 Å². The summed E-state index contributed by atoms with van der Waals surface area (Å²) in [6.07, 6.45) is 5.55. The van der Waals surface area contributed by atoms with Crippen molar-refractivity contribution >= 4 is 23.0 Å². The first-order valence-corrected chi connectivity index (χ1v) is 8.89. The number of aromatic nitrogens is 2. The largest absolute Gasteiger partial charge is 0.493 e. The second-order valence-corrected chi connectivity index (χ2v) is 6.34. The van der Waals surface area contributed by atoms with Crippen LogP contribution in [0.2, 0.25) is 0 Å². The van der Waals surface area contributed by atoms with Crippen LogP contribution in [0.1, 0.15) is 11.1 Å². The predicted octanol–water partition coefficient (Wildman–Crippen LogP) is 3.44. The average molecular weight is 382 g/mol. The van der Waals surface area contributed by atoms with Gasteiger partial charge in [-0.1, -0.05) is 24.3 Å². The molecule has 3 aromatic rings. The molecule has 0 aliphatic rings. The molecule has 2 aromatic carbocycles. The Hall–Kier alpha value is -3.06. The topological polar surface area (TPSA) is 60.3 Å². The van der Waals surface area contributed by atoms with Gasteiger partial charge in [-0.25, -0.2) is 4.98 Å². The quantitative estimate of drug-likeness (QED) is 0.611. The molecule has 0 unspecified atom stereocenters. The minimum atomic E-state index is 0.544. The highest BCUT2D eigenvalue weighted by Gasteiger charge is 2.06. The molecule has 0 aliphatic heterocycles. The van der Waals surface area contributed by atoms with Crippen LogP contribution in [0, 0.1) is 0 Å². The smallest absolute Gasteiger partial charge is 0.171 e. The highest BCUT2D eigenvalue weighted by molar-refractivity contribution is 7.80. The van der Waals surface area contributed by atoms with Gasteiger partial charge >= 0.3 is 0 Å². The van der Waals surface area contributed by atoms with Gasteiger partial charge < -0.3 is 24.7 Å². The number of methoxy groups -OCH3 is 2. The van der Waals surface area contributed by atoms with Crippen LogP contribution in [-0.2, 0) is 13.1 Å². The molecule has 1 aromatic heterocycles. The zero-order valence-electron chi connectivity index (χ0n) is 15.3. The van der Waals surface area contributed by atoms with Crippen molar-refractivity contribution in [1.29, 1.82) is 0 Å². The van der Waals surface area contributed by atoms with E-state index in [-0.39, 0.29) is 0 Å². The molecule has 2 N–H and O–H groups in total. The Morgan fingerprint density at radius 2 is 1.89 bits per heavy atom. The lowest BCUT2D eigenvalue weighted by molar-refractivity contribution is 0.355. The number of thiocarbonyl (C=S) groups is 1. The predicted molar refractivity (Wildman–Crippen MR) is 110 cm³/mol. The van der Waals surface area contributed by atoms with Crippen molar-refractivity contribution in [3.8, 4) is 11.5 Å². The van der Waals surface area contributed by atoms with Crippen LogP contribution in [-0.4, -0.2) is 28.9 Å². The number of rotatable bonds is 7. The fourth-order valence-electron chi connectivity index (χ4n) is 2.70. The van der Waals surface area contributed by atoms with E-state index in [0.717, 1.165) is 17.8 Å². The van der Waals surface area contributed by atoms with Crippen LogP contribution < -0.4 is 20.1 Å². The first-order chi connectivity index (χ1) is 13.2. The Morgan fingerprint density at radius 1 is 1.07 bits per heavy atom. The van der Waals surface area contributed by atoms with Crippen molar-refractivity contribution in [2.45, 2.75) is 13.1 Å². The van der Waals surface area contributed by atoms with Crippen molar-refractivity contribution in [1.82, 2.24) is 14.9 Å². The Morgan fingerprint density at radius 3 is 2.63 bits per heavy atom. The van der Waals surface area contributed by atoms with Crippen LogP contribution in [0.15, 0.2) is 61.2 Å². The van der Waals surface area contributed by atoms with Crippen LogP contribution in [0.25, 0.3) is 0 Å². The van der Waals surface area contributed by atoms with Gasteiger partial charge in [0.1, 0.15) is 0 Å². The molecule has 0 saturated heterocycles. The summed E-state index contributed by atoms with van der Waals surface area (Å²) < 4.78 is 12.6. The second-order valence-electron chi connectivity index (χ2n) is 5.93. The number of anilines is 1. The summed E-state index contributed by atoms with van der Waals surface area (Å²) in [5.74, 6) is 1.33. The van der Waals surface area contributed by atoms with Crippen molar-refractivity contribution in [3.63, 3.8) is 0 Å². The van der Waals surface area contributed by atoms with Gasteiger partial charge in [-0.3, -0.25) is 0 Å². The molecule has 0 bridgehead atoms. The standard InChI is InChI=1S/C20H22N4O2S/c1-25-18-7-6-17(11-19(18)26-2)23-20(27)22-12-15-4-3-5-16(10-15)13-24-9-8-21-14-24/h3-11,14H,12-13H2,1-2H3,(H2,22,23,27). The normalized spacial score (nSPS) is 10.3. The summed E-state index contributed by atoms with van der Waals surface area (Å²) in [4.78, 5) is 4.07. The van der Waals surface area contributed by atoms with E-state index in [2.05, 4.69) is 33.8 Å². The van der Waals surface area contributed by atoms with Gasteiger partial charge in [0, 0.05) is 37.2 Å². The van der Waals surface area contributed by atoms with E-state index in [4.69, 9.17) is 21.7 Å². The SMILES string of the molecule is COc1ccc(NC(=S)NCc2cccc(Cn3ccnc3)c2)cc1OC. The number of hydrogen-bond acceptors (Lipinski definition) is 4. The van der Waals surface area contributed by atoms with Gasteiger partial charge in [0.25, 0.3) is 0 Å². The molecule has 0 amide bonds. The van der Waals surface area contributed by atoms with Crippen molar-refractivity contribution in [2.24, 2.45) is 0 Å².